The second kappa shape index (κ2) is 5.59. The maximum atomic E-state index is 12.0. The van der Waals surface area contributed by atoms with Gasteiger partial charge in [-0.05, 0) is 36.0 Å². The number of amides is 1. The van der Waals surface area contributed by atoms with Crippen LogP contribution in [0, 0.1) is 11.3 Å². The molecule has 0 aliphatic rings. The maximum Gasteiger partial charge on any atom is 0.446 e. The summed E-state index contributed by atoms with van der Waals surface area (Å²) in [7, 11) is 0. The molecule has 0 saturated heterocycles. The molecule has 1 rings (SSSR count). The predicted molar refractivity (Wildman–Crippen MR) is 56.3 cm³/mol. The molecule has 0 heterocycles. The molecule has 0 fully saturated rings. The summed E-state index contributed by atoms with van der Waals surface area (Å²) in [4.78, 5) is 11.3. The van der Waals surface area contributed by atoms with Crippen LogP contribution in [0.4, 0.5) is 13.2 Å². The minimum Gasteiger partial charge on any atom is -0.339 e. The van der Waals surface area contributed by atoms with Gasteiger partial charge in [0.2, 0.25) is 0 Å². The largest absolute Gasteiger partial charge is 0.446 e. The summed E-state index contributed by atoms with van der Waals surface area (Å²) in [6.07, 6.45) is 0. The van der Waals surface area contributed by atoms with E-state index in [0.29, 0.717) is 0 Å². The minimum absolute atomic E-state index is 0.00864. The zero-order chi connectivity index (χ0) is 12.9. The SMILES string of the molecule is N#CCNC(=O)c1ccc(SC(F)(F)F)cc1. The Labute approximate surface area is 99.6 Å². The van der Waals surface area contributed by atoms with E-state index in [1.165, 1.54) is 24.3 Å². The number of carbonyl (C=O) groups is 1. The highest BCUT2D eigenvalue weighted by atomic mass is 32.2. The van der Waals surface area contributed by atoms with Gasteiger partial charge in [0.25, 0.3) is 5.91 Å². The Morgan fingerprint density at radius 1 is 1.35 bits per heavy atom. The molecule has 1 amide bonds. The summed E-state index contributed by atoms with van der Waals surface area (Å²) < 4.78 is 36.0. The average molecular weight is 260 g/mol. The zero-order valence-corrected chi connectivity index (χ0v) is 9.23. The van der Waals surface area contributed by atoms with Gasteiger partial charge in [-0.3, -0.25) is 4.79 Å². The average Bonchev–Trinajstić information content (AvgIpc) is 2.24. The molecule has 0 spiro atoms. The van der Waals surface area contributed by atoms with Crippen molar-refractivity contribution in [3.05, 3.63) is 29.8 Å². The van der Waals surface area contributed by atoms with Gasteiger partial charge < -0.3 is 5.32 Å². The summed E-state index contributed by atoms with van der Waals surface area (Å²) in [5, 5.41) is 10.5. The number of rotatable bonds is 3. The highest BCUT2D eigenvalue weighted by molar-refractivity contribution is 8.00. The molecule has 1 aromatic rings. The summed E-state index contributed by atoms with van der Waals surface area (Å²) in [5.74, 6) is -0.491. The van der Waals surface area contributed by atoms with Crippen LogP contribution >= 0.6 is 11.8 Å². The Balaban J connectivity index is 2.68. The van der Waals surface area contributed by atoms with Crippen LogP contribution in [0.3, 0.4) is 0 Å². The number of nitrogens with zero attached hydrogens (tertiary/aromatic N) is 1. The molecule has 7 heteroatoms. The van der Waals surface area contributed by atoms with Gasteiger partial charge in [-0.2, -0.15) is 18.4 Å². The molecule has 0 bridgehead atoms. The number of carbonyl (C=O) groups excluding carboxylic acids is 1. The van der Waals surface area contributed by atoms with E-state index in [-0.39, 0.29) is 28.8 Å². The van der Waals surface area contributed by atoms with Crippen molar-refractivity contribution in [1.29, 1.82) is 5.26 Å². The number of benzene rings is 1. The van der Waals surface area contributed by atoms with Gasteiger partial charge in [-0.15, -0.1) is 0 Å². The van der Waals surface area contributed by atoms with Gasteiger partial charge in [-0.25, -0.2) is 0 Å². The molecule has 3 nitrogen and oxygen atoms in total. The van der Waals surface area contributed by atoms with Gasteiger partial charge in [0.05, 0.1) is 6.07 Å². The van der Waals surface area contributed by atoms with Crippen molar-refractivity contribution in [3.63, 3.8) is 0 Å². The maximum absolute atomic E-state index is 12.0. The summed E-state index contributed by atoms with van der Waals surface area (Å²) in [5.41, 5.74) is -4.13. The fourth-order valence-corrected chi connectivity index (χ4v) is 1.57. The fraction of sp³-hybridized carbons (Fsp3) is 0.200. The van der Waals surface area contributed by atoms with E-state index >= 15 is 0 Å². The molecule has 0 aromatic heterocycles. The lowest BCUT2D eigenvalue weighted by molar-refractivity contribution is -0.0328. The molecule has 0 unspecified atom stereocenters. The van der Waals surface area contributed by atoms with Crippen molar-refractivity contribution >= 4 is 17.7 Å². The molecule has 17 heavy (non-hydrogen) atoms. The first-order valence-corrected chi connectivity index (χ1v) is 5.25. The number of halogens is 3. The lowest BCUT2D eigenvalue weighted by atomic mass is 10.2. The van der Waals surface area contributed by atoms with Gasteiger partial charge in [0.15, 0.2) is 0 Å². The van der Waals surface area contributed by atoms with Crippen molar-refractivity contribution in [2.24, 2.45) is 0 Å². The van der Waals surface area contributed by atoms with Crippen molar-refractivity contribution < 1.29 is 18.0 Å². The number of nitriles is 1. The second-order valence-electron chi connectivity index (χ2n) is 2.91. The molecule has 0 radical (unpaired) electrons. The van der Waals surface area contributed by atoms with Gasteiger partial charge >= 0.3 is 5.51 Å². The molecule has 0 aliphatic heterocycles. The van der Waals surface area contributed by atoms with E-state index in [0.717, 1.165) is 0 Å². The van der Waals surface area contributed by atoms with Gasteiger partial charge in [-0.1, -0.05) is 0 Å². The van der Waals surface area contributed by atoms with Crippen LogP contribution in [-0.4, -0.2) is 18.0 Å². The lowest BCUT2D eigenvalue weighted by Crippen LogP contribution is -2.23. The van der Waals surface area contributed by atoms with Crippen LogP contribution in [-0.2, 0) is 0 Å². The minimum atomic E-state index is -4.34. The van der Waals surface area contributed by atoms with Crippen molar-refractivity contribution in [3.8, 4) is 6.07 Å². The first kappa shape index (κ1) is 13.4. The van der Waals surface area contributed by atoms with E-state index < -0.39 is 11.4 Å². The third-order valence-corrected chi connectivity index (χ3v) is 2.42. The van der Waals surface area contributed by atoms with E-state index in [4.69, 9.17) is 5.26 Å². The standard InChI is InChI=1S/C10H7F3N2OS/c11-10(12,13)17-8-3-1-7(2-4-8)9(16)15-6-5-14/h1-4H,6H2,(H,15,16). The lowest BCUT2D eigenvalue weighted by Gasteiger charge is -2.06. The first-order valence-electron chi connectivity index (χ1n) is 4.43. The molecular weight excluding hydrogens is 253 g/mol. The number of nitrogens with one attached hydrogen (secondary N) is 1. The van der Waals surface area contributed by atoms with Crippen LogP contribution in [0.15, 0.2) is 29.2 Å². The molecule has 0 saturated carbocycles. The second-order valence-corrected chi connectivity index (χ2v) is 4.05. The highest BCUT2D eigenvalue weighted by Gasteiger charge is 2.29. The smallest absolute Gasteiger partial charge is 0.339 e. The fourth-order valence-electron chi connectivity index (χ4n) is 1.03. The summed E-state index contributed by atoms with van der Waals surface area (Å²) >= 11 is -0.245. The predicted octanol–water partition coefficient (Wildman–Crippen LogP) is 2.55. The van der Waals surface area contributed by atoms with Crippen LogP contribution < -0.4 is 5.32 Å². The number of hydrogen-bond acceptors (Lipinski definition) is 3. The Morgan fingerprint density at radius 2 is 1.94 bits per heavy atom. The normalized spacial score (nSPS) is 10.7. The summed E-state index contributed by atoms with van der Waals surface area (Å²) in [6, 6.07) is 6.70. The van der Waals surface area contributed by atoms with Crippen LogP contribution in [0.25, 0.3) is 0 Å². The quantitative estimate of drug-likeness (QED) is 0.671. The summed E-state index contributed by atoms with van der Waals surface area (Å²) in [6.45, 7) is -0.141. The highest BCUT2D eigenvalue weighted by Crippen LogP contribution is 2.36. The number of thioether (sulfide) groups is 1. The molecule has 0 aliphatic carbocycles. The van der Waals surface area contributed by atoms with Crippen molar-refractivity contribution in [1.82, 2.24) is 5.32 Å². The van der Waals surface area contributed by atoms with E-state index in [1.54, 1.807) is 6.07 Å². The van der Waals surface area contributed by atoms with Gasteiger partial charge in [0, 0.05) is 10.5 Å². The first-order chi connectivity index (χ1) is 7.92. The van der Waals surface area contributed by atoms with E-state index in [1.807, 2.05) is 0 Å². The third kappa shape index (κ3) is 4.78. The van der Waals surface area contributed by atoms with Crippen molar-refractivity contribution in [2.75, 3.05) is 6.54 Å². The molecule has 90 valence electrons. The molecule has 1 N–H and O–H groups in total. The monoisotopic (exact) mass is 260 g/mol. The molecule has 0 atom stereocenters. The number of hydrogen-bond donors (Lipinski definition) is 1. The molecular formula is C10H7F3N2OS. The zero-order valence-electron chi connectivity index (χ0n) is 8.41. The van der Waals surface area contributed by atoms with Gasteiger partial charge in [0.1, 0.15) is 6.54 Å². The Bertz CT molecular complexity index is 436. The Hall–Kier alpha value is -1.68. The van der Waals surface area contributed by atoms with Crippen LogP contribution in [0.2, 0.25) is 0 Å². The third-order valence-electron chi connectivity index (χ3n) is 1.68. The Morgan fingerprint density at radius 3 is 2.41 bits per heavy atom. The van der Waals surface area contributed by atoms with Crippen molar-refractivity contribution in [2.45, 2.75) is 10.4 Å². The number of alkyl halides is 3. The van der Waals surface area contributed by atoms with E-state index in [9.17, 15) is 18.0 Å². The topological polar surface area (TPSA) is 52.9 Å². The molecule has 1 aromatic carbocycles. The van der Waals surface area contributed by atoms with E-state index in [2.05, 4.69) is 5.32 Å². The van der Waals surface area contributed by atoms with Crippen LogP contribution in [0.5, 0.6) is 0 Å². The Kier molecular flexibility index (Phi) is 4.40. The van der Waals surface area contributed by atoms with Crippen LogP contribution in [0.1, 0.15) is 10.4 Å².